The minimum absolute atomic E-state index is 0.112. The standard InChI is InChI=1S/C26H31N5O6/c1-16-7-5-6-8-20(16)29-24(36)28-19-11-9-18(10-12-19)14-31-25(37)30(23(35)26(31,3)4)15-21(32)27-17(2)13-22(33)34/h5-12,17H,13-15H2,1-4H3,(H,27,32)(H,33,34)(H2,28,29,36)/t17-/m1/s1. The fraction of sp³-hybridized carbons (Fsp3) is 0.346. The summed E-state index contributed by atoms with van der Waals surface area (Å²) in [6.07, 6.45) is -0.274. The molecule has 1 atom stereocenters. The number of aryl methyl sites for hydroxylation is 1. The van der Waals surface area contributed by atoms with Crippen molar-refractivity contribution in [1.82, 2.24) is 15.1 Å². The summed E-state index contributed by atoms with van der Waals surface area (Å²) in [4.78, 5) is 63.6. The summed E-state index contributed by atoms with van der Waals surface area (Å²) < 4.78 is 0. The third kappa shape index (κ3) is 6.63. The van der Waals surface area contributed by atoms with Crippen LogP contribution in [-0.2, 0) is 20.9 Å². The smallest absolute Gasteiger partial charge is 0.328 e. The first-order chi connectivity index (χ1) is 17.4. The highest BCUT2D eigenvalue weighted by Gasteiger charge is 2.51. The van der Waals surface area contributed by atoms with Gasteiger partial charge in [0.2, 0.25) is 5.91 Å². The maximum atomic E-state index is 13.0. The van der Waals surface area contributed by atoms with Gasteiger partial charge < -0.3 is 26.0 Å². The molecule has 0 aromatic heterocycles. The number of para-hydroxylation sites is 1. The molecule has 37 heavy (non-hydrogen) atoms. The molecule has 1 heterocycles. The van der Waals surface area contributed by atoms with E-state index in [1.54, 1.807) is 44.2 Å². The van der Waals surface area contributed by atoms with Gasteiger partial charge >= 0.3 is 18.0 Å². The molecule has 0 spiro atoms. The predicted molar refractivity (Wildman–Crippen MR) is 137 cm³/mol. The van der Waals surface area contributed by atoms with Crippen LogP contribution < -0.4 is 16.0 Å². The summed E-state index contributed by atoms with van der Waals surface area (Å²) in [6.45, 7) is 6.24. The van der Waals surface area contributed by atoms with Gasteiger partial charge in [0.05, 0.1) is 6.42 Å². The van der Waals surface area contributed by atoms with Crippen LogP contribution in [0.15, 0.2) is 48.5 Å². The highest BCUT2D eigenvalue weighted by molar-refractivity contribution is 6.08. The van der Waals surface area contributed by atoms with E-state index in [-0.39, 0.29) is 13.0 Å². The lowest BCUT2D eigenvalue weighted by molar-refractivity contribution is -0.138. The van der Waals surface area contributed by atoms with Crippen LogP contribution in [0.3, 0.4) is 0 Å². The van der Waals surface area contributed by atoms with Crippen LogP contribution in [0, 0.1) is 6.92 Å². The number of carboxylic acid groups (broad SMARTS) is 1. The third-order valence-corrected chi connectivity index (χ3v) is 6.04. The van der Waals surface area contributed by atoms with Gasteiger partial charge in [0.25, 0.3) is 5.91 Å². The van der Waals surface area contributed by atoms with Gasteiger partial charge in [-0.1, -0.05) is 30.3 Å². The van der Waals surface area contributed by atoms with Crippen LogP contribution in [0.4, 0.5) is 21.0 Å². The Balaban J connectivity index is 1.61. The summed E-state index contributed by atoms with van der Waals surface area (Å²) in [7, 11) is 0. The number of rotatable bonds is 9. The first-order valence-electron chi connectivity index (χ1n) is 11.8. The number of urea groups is 2. The molecule has 11 nitrogen and oxygen atoms in total. The Kier molecular flexibility index (Phi) is 8.16. The summed E-state index contributed by atoms with van der Waals surface area (Å²) in [5.74, 6) is -2.21. The quantitative estimate of drug-likeness (QED) is 0.382. The second-order valence-corrected chi connectivity index (χ2v) is 9.48. The topological polar surface area (TPSA) is 148 Å². The van der Waals surface area contributed by atoms with Crippen LogP contribution >= 0.6 is 0 Å². The molecule has 0 aliphatic carbocycles. The normalized spacial score (nSPS) is 15.4. The van der Waals surface area contributed by atoms with Gasteiger partial charge in [-0.3, -0.25) is 19.3 Å². The Morgan fingerprint density at radius 3 is 2.27 bits per heavy atom. The lowest BCUT2D eigenvalue weighted by atomic mass is 10.0. The Morgan fingerprint density at radius 2 is 1.65 bits per heavy atom. The van der Waals surface area contributed by atoms with Gasteiger partial charge in [-0.15, -0.1) is 0 Å². The number of imide groups is 1. The van der Waals surface area contributed by atoms with E-state index in [9.17, 15) is 24.0 Å². The van der Waals surface area contributed by atoms with Gasteiger partial charge in [-0.05, 0) is 57.0 Å². The molecular weight excluding hydrogens is 478 g/mol. The van der Waals surface area contributed by atoms with Crippen molar-refractivity contribution in [2.24, 2.45) is 0 Å². The van der Waals surface area contributed by atoms with Crippen LogP contribution in [0.5, 0.6) is 0 Å². The van der Waals surface area contributed by atoms with Crippen LogP contribution in [-0.4, -0.2) is 62.9 Å². The molecule has 2 aromatic rings. The largest absolute Gasteiger partial charge is 0.481 e. The molecule has 2 aromatic carbocycles. The van der Waals surface area contributed by atoms with E-state index in [1.165, 1.54) is 11.8 Å². The van der Waals surface area contributed by atoms with Crippen LogP contribution in [0.1, 0.15) is 38.3 Å². The number of hydrogen-bond acceptors (Lipinski definition) is 5. The fourth-order valence-electron chi connectivity index (χ4n) is 3.97. The zero-order valence-electron chi connectivity index (χ0n) is 21.2. The Labute approximate surface area is 214 Å². The average molecular weight is 510 g/mol. The predicted octanol–water partition coefficient (Wildman–Crippen LogP) is 3.16. The number of carboxylic acids is 1. The number of nitrogens with one attached hydrogen (secondary N) is 3. The van der Waals surface area contributed by atoms with Crippen molar-refractivity contribution in [3.05, 3.63) is 59.7 Å². The number of hydrogen-bond donors (Lipinski definition) is 4. The van der Waals surface area contributed by atoms with Gasteiger partial charge in [0.1, 0.15) is 12.1 Å². The third-order valence-electron chi connectivity index (χ3n) is 6.04. The minimum Gasteiger partial charge on any atom is -0.481 e. The molecular formula is C26H31N5O6. The first kappa shape index (κ1) is 27.2. The van der Waals surface area contributed by atoms with Crippen molar-refractivity contribution >= 4 is 41.2 Å². The van der Waals surface area contributed by atoms with E-state index in [0.717, 1.165) is 16.0 Å². The van der Waals surface area contributed by atoms with E-state index in [4.69, 9.17) is 5.11 Å². The molecule has 6 amide bonds. The van der Waals surface area contributed by atoms with Crippen molar-refractivity contribution in [1.29, 1.82) is 0 Å². The molecule has 0 radical (unpaired) electrons. The molecule has 1 aliphatic heterocycles. The van der Waals surface area contributed by atoms with Gasteiger partial charge in [-0.2, -0.15) is 0 Å². The maximum Gasteiger partial charge on any atom is 0.328 e. The molecule has 0 bridgehead atoms. The molecule has 3 rings (SSSR count). The first-order valence-corrected chi connectivity index (χ1v) is 11.8. The zero-order chi connectivity index (χ0) is 27.3. The molecule has 196 valence electrons. The van der Waals surface area contributed by atoms with Crippen LogP contribution in [0.2, 0.25) is 0 Å². The second kappa shape index (κ2) is 11.1. The molecule has 11 heteroatoms. The van der Waals surface area contributed by atoms with Crippen LogP contribution in [0.25, 0.3) is 0 Å². The minimum atomic E-state index is -1.19. The Bertz CT molecular complexity index is 1210. The molecule has 1 fully saturated rings. The number of aliphatic carboxylic acids is 1. The highest BCUT2D eigenvalue weighted by Crippen LogP contribution is 2.29. The number of carbonyl (C=O) groups is 5. The Morgan fingerprint density at radius 1 is 1.00 bits per heavy atom. The number of benzene rings is 2. The maximum absolute atomic E-state index is 13.0. The van der Waals surface area contributed by atoms with Gasteiger partial charge in [-0.25, -0.2) is 9.59 Å². The summed E-state index contributed by atoms with van der Waals surface area (Å²) in [6, 6.07) is 12.6. The second-order valence-electron chi connectivity index (χ2n) is 9.48. The van der Waals surface area contributed by atoms with Crippen molar-refractivity contribution in [2.75, 3.05) is 17.2 Å². The molecule has 0 unspecified atom stereocenters. The van der Waals surface area contributed by atoms with E-state index in [1.807, 2.05) is 25.1 Å². The van der Waals surface area contributed by atoms with Crippen molar-refractivity contribution < 1.29 is 29.1 Å². The SMILES string of the molecule is Cc1ccccc1NC(=O)Nc1ccc(CN2C(=O)N(CC(=O)N[C@H](C)CC(=O)O)C(=O)C2(C)C)cc1. The zero-order valence-corrected chi connectivity index (χ0v) is 21.2. The van der Waals surface area contributed by atoms with E-state index in [0.29, 0.717) is 11.4 Å². The van der Waals surface area contributed by atoms with Crippen molar-refractivity contribution in [3.8, 4) is 0 Å². The Hall–Kier alpha value is -4.41. The highest BCUT2D eigenvalue weighted by atomic mass is 16.4. The number of nitrogens with zero attached hydrogens (tertiary/aromatic N) is 2. The van der Waals surface area contributed by atoms with Crippen molar-refractivity contribution in [3.63, 3.8) is 0 Å². The number of carbonyl (C=O) groups excluding carboxylic acids is 4. The fourth-order valence-corrected chi connectivity index (χ4v) is 3.97. The lowest BCUT2D eigenvalue weighted by Crippen LogP contribution is -2.45. The van der Waals surface area contributed by atoms with Crippen molar-refractivity contribution in [2.45, 2.75) is 52.2 Å². The van der Waals surface area contributed by atoms with E-state index in [2.05, 4.69) is 16.0 Å². The van der Waals surface area contributed by atoms with Gasteiger partial charge in [0, 0.05) is 24.0 Å². The summed E-state index contributed by atoms with van der Waals surface area (Å²) >= 11 is 0. The van der Waals surface area contributed by atoms with E-state index >= 15 is 0 Å². The summed E-state index contributed by atoms with van der Waals surface area (Å²) in [5.41, 5.74) is 1.72. The lowest BCUT2D eigenvalue weighted by Gasteiger charge is -2.27. The molecule has 4 N–H and O–H groups in total. The average Bonchev–Trinajstić information content (AvgIpc) is 2.96. The molecule has 0 saturated carbocycles. The van der Waals surface area contributed by atoms with Gasteiger partial charge in [0.15, 0.2) is 0 Å². The molecule has 1 saturated heterocycles. The molecule has 1 aliphatic rings. The summed E-state index contributed by atoms with van der Waals surface area (Å²) in [5, 5.41) is 16.9. The monoisotopic (exact) mass is 509 g/mol. The van der Waals surface area contributed by atoms with E-state index < -0.39 is 48.0 Å². The number of anilines is 2. The number of amides is 6.